The highest BCUT2D eigenvalue weighted by molar-refractivity contribution is 5.96. The minimum absolute atomic E-state index is 0.0700. The van der Waals surface area contributed by atoms with Crippen LogP contribution in [0.3, 0.4) is 0 Å². The summed E-state index contributed by atoms with van der Waals surface area (Å²) in [5, 5.41) is 21.3. The summed E-state index contributed by atoms with van der Waals surface area (Å²) in [5.74, 6) is 1.30. The lowest BCUT2D eigenvalue weighted by Gasteiger charge is -2.34. The number of fused-ring (bicyclic) bond motifs is 1. The predicted octanol–water partition coefficient (Wildman–Crippen LogP) is 1.49. The number of piperazine rings is 1. The van der Waals surface area contributed by atoms with Crippen LogP contribution in [0.4, 0.5) is 10.6 Å². The smallest absolute Gasteiger partial charge is 0.409 e. The van der Waals surface area contributed by atoms with Gasteiger partial charge in [0.25, 0.3) is 5.91 Å². The van der Waals surface area contributed by atoms with Gasteiger partial charge in [-0.25, -0.2) is 4.79 Å². The Labute approximate surface area is 250 Å². The molecular weight excluding hydrogens is 554 g/mol. The van der Waals surface area contributed by atoms with E-state index in [4.69, 9.17) is 14.2 Å². The number of anilines is 1. The first-order chi connectivity index (χ1) is 20.9. The van der Waals surface area contributed by atoms with Crippen molar-refractivity contribution in [1.29, 1.82) is 0 Å². The van der Waals surface area contributed by atoms with Crippen LogP contribution in [0.25, 0.3) is 0 Å². The average Bonchev–Trinajstić information content (AvgIpc) is 3.46. The number of rotatable bonds is 10. The Morgan fingerprint density at radius 3 is 2.65 bits per heavy atom. The fourth-order valence-electron chi connectivity index (χ4n) is 5.29. The molecule has 0 radical (unpaired) electrons. The maximum absolute atomic E-state index is 13.1. The minimum atomic E-state index is -0.799. The number of benzene rings is 1. The summed E-state index contributed by atoms with van der Waals surface area (Å²) in [6.45, 7) is 5.46. The average molecular weight is 594 g/mol. The molecule has 3 N–H and O–H groups in total. The van der Waals surface area contributed by atoms with Crippen molar-refractivity contribution in [3.05, 3.63) is 65.0 Å². The lowest BCUT2D eigenvalue weighted by molar-refractivity contribution is 0.0865. The molecule has 0 saturated carbocycles. The van der Waals surface area contributed by atoms with Crippen molar-refractivity contribution in [3.63, 3.8) is 0 Å². The van der Waals surface area contributed by atoms with Gasteiger partial charge in [0.15, 0.2) is 0 Å². The van der Waals surface area contributed by atoms with E-state index in [0.717, 1.165) is 22.6 Å². The van der Waals surface area contributed by atoms with Gasteiger partial charge >= 0.3 is 6.09 Å². The van der Waals surface area contributed by atoms with Gasteiger partial charge < -0.3 is 39.8 Å². The molecule has 2 amide bonds. The summed E-state index contributed by atoms with van der Waals surface area (Å²) in [6.07, 6.45) is 1.22. The number of nitrogens with one attached hydrogen (secondary N) is 2. The number of hydrogen-bond donors (Lipinski definition) is 3. The molecule has 2 atom stereocenters. The molecule has 4 heterocycles. The van der Waals surface area contributed by atoms with Gasteiger partial charge in [-0.05, 0) is 54.8 Å². The van der Waals surface area contributed by atoms with Crippen molar-refractivity contribution >= 4 is 17.8 Å². The Bertz CT molecular complexity index is 1420. The first kappa shape index (κ1) is 30.1. The molecule has 0 bridgehead atoms. The van der Waals surface area contributed by atoms with Gasteiger partial charge in [0, 0.05) is 58.6 Å². The SMILES string of the molecule is CCOc1nc(N2CCN(C(=O)OC)CC2)ccc1C(=O)NC[C@@H](O)[C@@H]1Cc2ccc(OCc3ccnn3C)cc2CN1. The fraction of sp³-hybridized carbons (Fsp3) is 0.467. The fourth-order valence-corrected chi connectivity index (χ4v) is 5.29. The normalized spacial score (nSPS) is 17.2. The van der Waals surface area contributed by atoms with Gasteiger partial charge in [-0.2, -0.15) is 10.1 Å². The molecule has 0 aliphatic carbocycles. The van der Waals surface area contributed by atoms with E-state index in [-0.39, 0.29) is 30.5 Å². The quantitative estimate of drug-likeness (QED) is 0.316. The van der Waals surface area contributed by atoms with Gasteiger partial charge in [0.05, 0.1) is 25.5 Å². The maximum Gasteiger partial charge on any atom is 0.409 e. The Morgan fingerprint density at radius 2 is 1.93 bits per heavy atom. The largest absolute Gasteiger partial charge is 0.487 e. The number of aryl methyl sites for hydroxylation is 1. The van der Waals surface area contributed by atoms with E-state index in [1.165, 1.54) is 7.11 Å². The summed E-state index contributed by atoms with van der Waals surface area (Å²) in [5.41, 5.74) is 3.53. The summed E-state index contributed by atoms with van der Waals surface area (Å²) < 4.78 is 18.2. The molecule has 1 aromatic carbocycles. The third-order valence-electron chi connectivity index (χ3n) is 7.83. The zero-order chi connectivity index (χ0) is 30.3. The van der Waals surface area contributed by atoms with Crippen LogP contribution in [0.15, 0.2) is 42.6 Å². The van der Waals surface area contributed by atoms with E-state index in [0.29, 0.717) is 63.7 Å². The van der Waals surface area contributed by atoms with E-state index in [9.17, 15) is 14.7 Å². The number of ether oxygens (including phenoxy) is 3. The van der Waals surface area contributed by atoms with E-state index >= 15 is 0 Å². The minimum Gasteiger partial charge on any atom is -0.487 e. The van der Waals surface area contributed by atoms with Crippen molar-refractivity contribution in [1.82, 2.24) is 30.3 Å². The van der Waals surface area contributed by atoms with Gasteiger partial charge in [0.1, 0.15) is 23.7 Å². The molecule has 1 fully saturated rings. The number of aliphatic hydroxyl groups excluding tert-OH is 1. The first-order valence-electron chi connectivity index (χ1n) is 14.5. The number of hydrogen-bond acceptors (Lipinski definition) is 10. The second-order valence-electron chi connectivity index (χ2n) is 10.5. The van der Waals surface area contributed by atoms with E-state index in [1.54, 1.807) is 27.9 Å². The summed E-state index contributed by atoms with van der Waals surface area (Å²) in [7, 11) is 3.25. The van der Waals surface area contributed by atoms with Gasteiger partial charge in [-0.1, -0.05) is 6.07 Å². The van der Waals surface area contributed by atoms with Crippen LogP contribution in [-0.4, -0.2) is 95.4 Å². The van der Waals surface area contributed by atoms with Crippen molar-refractivity contribution in [2.45, 2.75) is 38.6 Å². The van der Waals surface area contributed by atoms with E-state index < -0.39 is 6.10 Å². The molecule has 13 nitrogen and oxygen atoms in total. The summed E-state index contributed by atoms with van der Waals surface area (Å²) in [6, 6.07) is 11.2. The van der Waals surface area contributed by atoms with Crippen LogP contribution in [0.1, 0.15) is 34.1 Å². The molecule has 0 spiro atoms. The summed E-state index contributed by atoms with van der Waals surface area (Å²) >= 11 is 0. The molecule has 2 aliphatic rings. The van der Waals surface area contributed by atoms with Crippen LogP contribution >= 0.6 is 0 Å². The van der Waals surface area contributed by atoms with Gasteiger partial charge in [0.2, 0.25) is 5.88 Å². The highest BCUT2D eigenvalue weighted by Gasteiger charge is 2.27. The van der Waals surface area contributed by atoms with Crippen molar-refractivity contribution in [2.24, 2.45) is 7.05 Å². The monoisotopic (exact) mass is 593 g/mol. The molecule has 2 aromatic heterocycles. The lowest BCUT2D eigenvalue weighted by Crippen LogP contribution is -2.49. The molecule has 5 rings (SSSR count). The van der Waals surface area contributed by atoms with Crippen molar-refractivity contribution < 1.29 is 28.9 Å². The van der Waals surface area contributed by atoms with E-state index in [1.807, 2.05) is 43.1 Å². The van der Waals surface area contributed by atoms with Crippen LogP contribution in [0.2, 0.25) is 0 Å². The topological polar surface area (TPSA) is 143 Å². The molecule has 0 unspecified atom stereocenters. The van der Waals surface area contributed by atoms with E-state index in [2.05, 4.69) is 20.7 Å². The standard InChI is InChI=1S/C30H39N7O6/c1-4-42-29-24(7-8-27(34-29)36-11-13-37(14-12-36)30(40)41-3)28(39)32-18-26(38)25-16-20-5-6-23(15-21(20)17-31-25)43-19-22-9-10-33-35(22)2/h5-10,15,25-26,31,38H,4,11-14,16-19H2,1-3H3,(H,32,39)/t25-,26+/m0/s1. The number of pyridine rings is 1. The number of methoxy groups -OCH3 is 1. The molecule has 230 valence electrons. The summed E-state index contributed by atoms with van der Waals surface area (Å²) in [4.78, 5) is 33.2. The zero-order valence-corrected chi connectivity index (χ0v) is 24.8. The number of carbonyl (C=O) groups excluding carboxylic acids is 2. The second kappa shape index (κ2) is 13.7. The zero-order valence-electron chi connectivity index (χ0n) is 24.8. The molecule has 2 aliphatic heterocycles. The van der Waals surface area contributed by atoms with Crippen LogP contribution < -0.4 is 25.0 Å². The van der Waals surface area contributed by atoms with Gasteiger partial charge in [-0.3, -0.25) is 9.48 Å². The van der Waals surface area contributed by atoms with Crippen molar-refractivity contribution in [3.8, 4) is 11.6 Å². The number of aliphatic hydroxyl groups is 1. The van der Waals surface area contributed by atoms with Crippen LogP contribution in [-0.2, 0) is 31.4 Å². The highest BCUT2D eigenvalue weighted by atomic mass is 16.5. The Hall–Kier alpha value is -4.36. The third-order valence-corrected chi connectivity index (χ3v) is 7.83. The highest BCUT2D eigenvalue weighted by Crippen LogP contribution is 2.25. The Balaban J connectivity index is 1.14. The lowest BCUT2D eigenvalue weighted by atomic mass is 9.92. The number of amides is 2. The van der Waals surface area contributed by atoms with Crippen LogP contribution in [0, 0.1) is 0 Å². The molecule has 13 heteroatoms. The van der Waals surface area contributed by atoms with Gasteiger partial charge in [-0.15, -0.1) is 0 Å². The van der Waals surface area contributed by atoms with Crippen LogP contribution in [0.5, 0.6) is 11.6 Å². The second-order valence-corrected chi connectivity index (χ2v) is 10.5. The predicted molar refractivity (Wildman–Crippen MR) is 158 cm³/mol. The number of nitrogens with zero attached hydrogens (tertiary/aromatic N) is 5. The Kier molecular flexibility index (Phi) is 9.62. The molecule has 43 heavy (non-hydrogen) atoms. The maximum atomic E-state index is 13.1. The first-order valence-corrected chi connectivity index (χ1v) is 14.5. The molecule has 1 saturated heterocycles. The number of aromatic nitrogens is 3. The number of carbonyl (C=O) groups is 2. The van der Waals surface area contributed by atoms with Crippen molar-refractivity contribution in [2.75, 3.05) is 51.3 Å². The molecular formula is C30H39N7O6. The Morgan fingerprint density at radius 1 is 1.12 bits per heavy atom. The third kappa shape index (κ3) is 7.17. The molecule has 3 aromatic rings.